The highest BCUT2D eigenvalue weighted by Crippen LogP contribution is 2.54. The molecule has 3 heteroatoms. The van der Waals surface area contributed by atoms with Crippen LogP contribution in [0.3, 0.4) is 0 Å². The van der Waals surface area contributed by atoms with E-state index in [9.17, 15) is 9.90 Å². The van der Waals surface area contributed by atoms with Crippen LogP contribution in [-0.2, 0) is 21.4 Å². The topological polar surface area (TPSA) is 46.5 Å². The lowest BCUT2D eigenvalue weighted by Crippen LogP contribution is -2.58. The Kier molecular flexibility index (Phi) is 3.77. The number of carbonyl (C=O) groups excluding carboxylic acids is 1. The van der Waals surface area contributed by atoms with Gasteiger partial charge in [0.25, 0.3) is 0 Å². The molecule has 1 N–H and O–H groups in total. The fourth-order valence-corrected chi connectivity index (χ4v) is 3.98. The molecule has 0 spiro atoms. The van der Waals surface area contributed by atoms with Crippen LogP contribution in [0.2, 0.25) is 0 Å². The molecule has 0 aromatic heterocycles. The van der Waals surface area contributed by atoms with Gasteiger partial charge in [0.2, 0.25) is 0 Å². The number of benzene rings is 2. The van der Waals surface area contributed by atoms with Crippen molar-refractivity contribution < 1.29 is 14.6 Å². The van der Waals surface area contributed by atoms with Gasteiger partial charge < -0.3 is 9.84 Å². The molecule has 0 fully saturated rings. The summed E-state index contributed by atoms with van der Waals surface area (Å²) in [6.07, 6.45) is 0.435. The molecular formula is C20H22O3. The fraction of sp³-hybridized carbons (Fsp3) is 0.350. The van der Waals surface area contributed by atoms with Crippen LogP contribution in [0, 0.1) is 5.92 Å². The van der Waals surface area contributed by atoms with Crippen LogP contribution in [-0.4, -0.2) is 23.8 Å². The molecule has 0 amide bonds. The first-order valence-corrected chi connectivity index (χ1v) is 7.93. The van der Waals surface area contributed by atoms with Crippen molar-refractivity contribution >= 4 is 5.97 Å². The normalized spacial score (nSPS) is 26.1. The molecule has 120 valence electrons. The van der Waals surface area contributed by atoms with Gasteiger partial charge in [-0.15, -0.1) is 0 Å². The molecule has 3 rings (SSSR count). The standard InChI is InChI=1S/C20H22O3/c1-14(2)19(22)13-15-9-7-8-12-17(15)20(19,18(21)23-3)16-10-5-4-6-11-16/h4-12,14,22H,13H2,1-3H3/t19-,20+/m1/s1. The molecule has 0 unspecified atom stereocenters. The molecule has 0 heterocycles. The van der Waals surface area contributed by atoms with E-state index in [0.717, 1.165) is 16.7 Å². The molecular weight excluding hydrogens is 288 g/mol. The molecule has 23 heavy (non-hydrogen) atoms. The molecule has 0 aliphatic heterocycles. The molecule has 2 aromatic rings. The summed E-state index contributed by atoms with van der Waals surface area (Å²) in [5, 5.41) is 11.7. The number of ether oxygens (including phenoxy) is 1. The number of fused-ring (bicyclic) bond motifs is 1. The number of rotatable bonds is 3. The van der Waals surface area contributed by atoms with Crippen LogP contribution in [0.25, 0.3) is 0 Å². The second-order valence-corrected chi connectivity index (χ2v) is 6.52. The largest absolute Gasteiger partial charge is 0.468 e. The highest BCUT2D eigenvalue weighted by molar-refractivity contribution is 5.91. The third-order valence-electron chi connectivity index (χ3n) is 5.18. The molecule has 0 bridgehead atoms. The molecule has 0 saturated heterocycles. The van der Waals surface area contributed by atoms with Crippen molar-refractivity contribution in [3.63, 3.8) is 0 Å². The highest BCUT2D eigenvalue weighted by Gasteiger charge is 2.64. The van der Waals surface area contributed by atoms with Crippen LogP contribution in [0.1, 0.15) is 30.5 Å². The van der Waals surface area contributed by atoms with Gasteiger partial charge in [0.05, 0.1) is 12.7 Å². The predicted octanol–water partition coefficient (Wildman–Crippen LogP) is 3.09. The minimum Gasteiger partial charge on any atom is -0.468 e. The molecule has 2 aromatic carbocycles. The first-order chi connectivity index (χ1) is 11.0. The highest BCUT2D eigenvalue weighted by atomic mass is 16.5. The van der Waals surface area contributed by atoms with Gasteiger partial charge in [-0.25, -0.2) is 0 Å². The molecule has 1 aliphatic carbocycles. The Hall–Kier alpha value is -2.13. The van der Waals surface area contributed by atoms with Gasteiger partial charge in [-0.2, -0.15) is 0 Å². The predicted molar refractivity (Wildman–Crippen MR) is 89.2 cm³/mol. The van der Waals surface area contributed by atoms with Crippen molar-refractivity contribution in [3.8, 4) is 0 Å². The van der Waals surface area contributed by atoms with E-state index >= 15 is 0 Å². The second kappa shape index (κ2) is 5.50. The van der Waals surface area contributed by atoms with Crippen molar-refractivity contribution in [2.75, 3.05) is 7.11 Å². The van der Waals surface area contributed by atoms with Gasteiger partial charge in [0.1, 0.15) is 5.41 Å². The quantitative estimate of drug-likeness (QED) is 0.886. The van der Waals surface area contributed by atoms with Gasteiger partial charge in [0, 0.05) is 6.42 Å². The first kappa shape index (κ1) is 15.8. The smallest absolute Gasteiger partial charge is 0.323 e. The molecule has 0 radical (unpaired) electrons. The van der Waals surface area contributed by atoms with Crippen molar-refractivity contribution in [2.45, 2.75) is 31.3 Å². The zero-order chi connectivity index (χ0) is 16.7. The zero-order valence-corrected chi connectivity index (χ0v) is 13.7. The lowest BCUT2D eigenvalue weighted by atomic mass is 9.62. The molecule has 3 nitrogen and oxygen atoms in total. The van der Waals surface area contributed by atoms with E-state index in [4.69, 9.17) is 4.74 Å². The maximum atomic E-state index is 13.0. The Labute approximate surface area is 136 Å². The van der Waals surface area contributed by atoms with Crippen molar-refractivity contribution in [3.05, 3.63) is 71.3 Å². The summed E-state index contributed by atoms with van der Waals surface area (Å²) in [7, 11) is 1.38. The number of hydrogen-bond donors (Lipinski definition) is 1. The van der Waals surface area contributed by atoms with Crippen LogP contribution < -0.4 is 0 Å². The van der Waals surface area contributed by atoms with E-state index in [1.807, 2.05) is 68.4 Å². The zero-order valence-electron chi connectivity index (χ0n) is 13.7. The Bertz CT molecular complexity index is 723. The molecule has 2 atom stereocenters. The average molecular weight is 310 g/mol. The van der Waals surface area contributed by atoms with Gasteiger partial charge in [0.15, 0.2) is 0 Å². The minimum atomic E-state index is -1.23. The Morgan fingerprint density at radius 2 is 1.70 bits per heavy atom. The number of aliphatic hydroxyl groups is 1. The summed E-state index contributed by atoms with van der Waals surface area (Å²) in [4.78, 5) is 13.0. The van der Waals surface area contributed by atoms with Crippen molar-refractivity contribution in [2.24, 2.45) is 5.92 Å². The lowest BCUT2D eigenvalue weighted by Gasteiger charge is -2.43. The minimum absolute atomic E-state index is 0.116. The van der Waals surface area contributed by atoms with Crippen molar-refractivity contribution in [1.29, 1.82) is 0 Å². The number of carbonyl (C=O) groups is 1. The third kappa shape index (κ3) is 1.96. The summed E-state index contributed by atoms with van der Waals surface area (Å²) in [6, 6.07) is 17.2. The van der Waals surface area contributed by atoms with Crippen LogP contribution >= 0.6 is 0 Å². The maximum Gasteiger partial charge on any atom is 0.323 e. The Balaban J connectivity index is 2.41. The second-order valence-electron chi connectivity index (χ2n) is 6.52. The summed E-state index contributed by atoms with van der Waals surface area (Å²) in [5.41, 5.74) is 0.180. The van der Waals surface area contributed by atoms with Gasteiger partial charge in [-0.1, -0.05) is 68.4 Å². The maximum absolute atomic E-state index is 13.0. The van der Waals surface area contributed by atoms with E-state index in [0.29, 0.717) is 6.42 Å². The van der Waals surface area contributed by atoms with Crippen LogP contribution in [0.5, 0.6) is 0 Å². The monoisotopic (exact) mass is 310 g/mol. The third-order valence-corrected chi connectivity index (χ3v) is 5.18. The number of esters is 1. The summed E-state index contributed by atoms with van der Waals surface area (Å²) in [6.45, 7) is 3.90. The average Bonchev–Trinajstić information content (AvgIpc) is 2.85. The Morgan fingerprint density at radius 3 is 2.30 bits per heavy atom. The van der Waals surface area contributed by atoms with Crippen LogP contribution in [0.4, 0.5) is 0 Å². The number of methoxy groups -OCH3 is 1. The fourth-order valence-electron chi connectivity index (χ4n) is 3.98. The van der Waals surface area contributed by atoms with E-state index < -0.39 is 17.0 Å². The summed E-state index contributed by atoms with van der Waals surface area (Å²) >= 11 is 0. The van der Waals surface area contributed by atoms with Crippen molar-refractivity contribution in [1.82, 2.24) is 0 Å². The summed E-state index contributed by atoms with van der Waals surface area (Å²) < 4.78 is 5.20. The Morgan fingerprint density at radius 1 is 1.09 bits per heavy atom. The van der Waals surface area contributed by atoms with E-state index in [1.165, 1.54) is 7.11 Å². The van der Waals surface area contributed by atoms with E-state index in [1.54, 1.807) is 0 Å². The molecule has 0 saturated carbocycles. The molecule has 1 aliphatic rings. The summed E-state index contributed by atoms with van der Waals surface area (Å²) in [5.74, 6) is -0.529. The number of hydrogen-bond acceptors (Lipinski definition) is 3. The van der Waals surface area contributed by atoms with Gasteiger partial charge in [-0.05, 0) is 22.6 Å². The lowest BCUT2D eigenvalue weighted by molar-refractivity contribution is -0.159. The van der Waals surface area contributed by atoms with Crippen LogP contribution in [0.15, 0.2) is 54.6 Å². The SMILES string of the molecule is COC(=O)[C@]1(c2ccccc2)c2ccccc2C[C@@]1(O)C(C)C. The van der Waals surface area contributed by atoms with E-state index in [-0.39, 0.29) is 5.92 Å². The van der Waals surface area contributed by atoms with E-state index in [2.05, 4.69) is 0 Å². The van der Waals surface area contributed by atoms with Gasteiger partial charge in [-0.3, -0.25) is 4.79 Å². The van der Waals surface area contributed by atoms with Gasteiger partial charge >= 0.3 is 5.97 Å². The first-order valence-electron chi connectivity index (χ1n) is 7.93.